The summed E-state index contributed by atoms with van der Waals surface area (Å²) in [6.45, 7) is 3.46. The van der Waals surface area contributed by atoms with Gasteiger partial charge in [-0.1, -0.05) is 11.6 Å². The maximum Gasteiger partial charge on any atom is 0.311 e. The third kappa shape index (κ3) is 3.09. The summed E-state index contributed by atoms with van der Waals surface area (Å²) in [7, 11) is 1.32. The first kappa shape index (κ1) is 13.8. The first-order valence-corrected chi connectivity index (χ1v) is 5.47. The molecule has 5 heteroatoms. The monoisotopic (exact) mass is 259 g/mol. The van der Waals surface area contributed by atoms with Crippen LogP contribution in [0.25, 0.3) is 0 Å². The van der Waals surface area contributed by atoms with E-state index in [1.807, 2.05) is 0 Å². The molecular weight excluding hydrogens is 245 g/mol. The second-order valence-corrected chi connectivity index (χ2v) is 4.92. The third-order valence-corrected chi connectivity index (χ3v) is 2.89. The van der Waals surface area contributed by atoms with Crippen LogP contribution in [0.3, 0.4) is 0 Å². The van der Waals surface area contributed by atoms with E-state index in [9.17, 15) is 9.18 Å². The molecule has 0 saturated carbocycles. The second kappa shape index (κ2) is 4.92. The van der Waals surface area contributed by atoms with Crippen molar-refractivity contribution in [1.29, 1.82) is 0 Å². The van der Waals surface area contributed by atoms with Crippen molar-refractivity contribution in [3.63, 3.8) is 0 Å². The van der Waals surface area contributed by atoms with E-state index in [1.165, 1.54) is 13.2 Å². The Morgan fingerprint density at radius 3 is 2.65 bits per heavy atom. The molecule has 94 valence electrons. The molecule has 2 N–H and O–H groups in total. The maximum atomic E-state index is 13.1. The number of nitrogens with two attached hydrogens (primary N) is 1. The van der Waals surface area contributed by atoms with Gasteiger partial charge in [0.25, 0.3) is 0 Å². The van der Waals surface area contributed by atoms with Crippen LogP contribution in [0.5, 0.6) is 0 Å². The fourth-order valence-corrected chi connectivity index (χ4v) is 1.79. The lowest BCUT2D eigenvalue weighted by Crippen LogP contribution is -2.28. The number of ether oxygens (including phenoxy) is 1. The largest absolute Gasteiger partial charge is 0.469 e. The van der Waals surface area contributed by atoms with Crippen molar-refractivity contribution in [2.75, 3.05) is 12.8 Å². The summed E-state index contributed by atoms with van der Waals surface area (Å²) >= 11 is 5.91. The number of hydrogen-bond acceptors (Lipinski definition) is 3. The molecule has 0 atom stereocenters. The van der Waals surface area contributed by atoms with E-state index in [-0.39, 0.29) is 16.7 Å². The lowest BCUT2D eigenvalue weighted by Gasteiger charge is -2.22. The first-order valence-electron chi connectivity index (χ1n) is 5.09. The van der Waals surface area contributed by atoms with Gasteiger partial charge in [-0.15, -0.1) is 0 Å². The van der Waals surface area contributed by atoms with Gasteiger partial charge in [0.2, 0.25) is 0 Å². The minimum Gasteiger partial charge on any atom is -0.469 e. The van der Waals surface area contributed by atoms with Crippen LogP contribution in [0.2, 0.25) is 5.02 Å². The van der Waals surface area contributed by atoms with Crippen molar-refractivity contribution in [3.8, 4) is 0 Å². The van der Waals surface area contributed by atoms with E-state index in [2.05, 4.69) is 0 Å². The standard InChI is InChI=1S/C12H15ClFNO2/c1-12(2,11(16)17-3)6-7-4-10(15)9(14)5-8(7)13/h4-5H,6,15H2,1-3H3. The van der Waals surface area contributed by atoms with Crippen LogP contribution in [-0.4, -0.2) is 13.1 Å². The van der Waals surface area contributed by atoms with Gasteiger partial charge in [0, 0.05) is 5.02 Å². The van der Waals surface area contributed by atoms with Crippen molar-refractivity contribution >= 4 is 23.3 Å². The highest BCUT2D eigenvalue weighted by Crippen LogP contribution is 2.30. The summed E-state index contributed by atoms with van der Waals surface area (Å²) in [5.74, 6) is -0.911. The number of halogens is 2. The molecule has 1 rings (SSSR count). The fraction of sp³-hybridized carbons (Fsp3) is 0.417. The number of anilines is 1. The van der Waals surface area contributed by atoms with Gasteiger partial charge in [-0.3, -0.25) is 4.79 Å². The Labute approximate surface area is 105 Å². The zero-order valence-electron chi connectivity index (χ0n) is 10.0. The molecule has 3 nitrogen and oxygen atoms in total. The topological polar surface area (TPSA) is 52.3 Å². The van der Waals surface area contributed by atoms with Crippen molar-refractivity contribution < 1.29 is 13.9 Å². The smallest absolute Gasteiger partial charge is 0.311 e. The van der Waals surface area contributed by atoms with Crippen molar-refractivity contribution in [3.05, 3.63) is 28.5 Å². The van der Waals surface area contributed by atoms with Gasteiger partial charge in [0.15, 0.2) is 0 Å². The van der Waals surface area contributed by atoms with E-state index in [1.54, 1.807) is 13.8 Å². The average Bonchev–Trinajstić information content (AvgIpc) is 2.24. The van der Waals surface area contributed by atoms with Crippen LogP contribution in [0.4, 0.5) is 10.1 Å². The van der Waals surface area contributed by atoms with Crippen molar-refractivity contribution in [2.45, 2.75) is 20.3 Å². The van der Waals surface area contributed by atoms with Crippen molar-refractivity contribution in [2.24, 2.45) is 5.41 Å². The fourth-order valence-electron chi connectivity index (χ4n) is 1.57. The minimum atomic E-state index is -0.733. The molecule has 0 saturated heterocycles. The molecule has 0 unspecified atom stereocenters. The molecule has 0 bridgehead atoms. The Bertz CT molecular complexity index is 446. The SMILES string of the molecule is COC(=O)C(C)(C)Cc1cc(N)c(F)cc1Cl. The van der Waals surface area contributed by atoms with Crippen LogP contribution in [-0.2, 0) is 16.0 Å². The molecule has 0 aliphatic rings. The summed E-state index contributed by atoms with van der Waals surface area (Å²) < 4.78 is 17.8. The predicted molar refractivity (Wildman–Crippen MR) is 65.3 cm³/mol. The quantitative estimate of drug-likeness (QED) is 0.671. The van der Waals surface area contributed by atoms with Gasteiger partial charge >= 0.3 is 5.97 Å². The van der Waals surface area contributed by atoms with E-state index >= 15 is 0 Å². The molecule has 0 heterocycles. The number of rotatable bonds is 3. The molecule has 1 aromatic rings. The Kier molecular flexibility index (Phi) is 3.98. The van der Waals surface area contributed by atoms with Gasteiger partial charge in [0.1, 0.15) is 5.82 Å². The Morgan fingerprint density at radius 2 is 2.12 bits per heavy atom. The molecule has 0 aliphatic carbocycles. The zero-order valence-corrected chi connectivity index (χ0v) is 10.8. The second-order valence-electron chi connectivity index (χ2n) is 4.52. The number of methoxy groups -OCH3 is 1. The van der Waals surface area contributed by atoms with Gasteiger partial charge < -0.3 is 10.5 Å². The number of benzene rings is 1. The number of carbonyl (C=O) groups is 1. The Morgan fingerprint density at radius 1 is 1.53 bits per heavy atom. The molecule has 0 amide bonds. The van der Waals surface area contributed by atoms with E-state index in [4.69, 9.17) is 22.1 Å². The lowest BCUT2D eigenvalue weighted by molar-refractivity contribution is -0.150. The third-order valence-electron chi connectivity index (χ3n) is 2.54. The molecular formula is C12H15ClFNO2. The van der Waals surface area contributed by atoms with Gasteiger partial charge in [-0.25, -0.2) is 4.39 Å². The summed E-state index contributed by atoms with van der Waals surface area (Å²) in [6, 6.07) is 2.60. The molecule has 0 spiro atoms. The average molecular weight is 260 g/mol. The van der Waals surface area contributed by atoms with Gasteiger partial charge in [-0.2, -0.15) is 0 Å². The van der Waals surface area contributed by atoms with Crippen LogP contribution in [0.1, 0.15) is 19.4 Å². The maximum absolute atomic E-state index is 13.1. The Balaban J connectivity index is 3.03. The highest BCUT2D eigenvalue weighted by molar-refractivity contribution is 6.31. The number of esters is 1. The molecule has 0 radical (unpaired) electrons. The minimum absolute atomic E-state index is 0.0186. The summed E-state index contributed by atoms with van der Waals surface area (Å²) in [6.07, 6.45) is 0.336. The Hall–Kier alpha value is -1.29. The first-order chi connectivity index (χ1) is 7.77. The van der Waals surface area contributed by atoms with Gasteiger partial charge in [-0.05, 0) is 38.0 Å². The van der Waals surface area contributed by atoms with Crippen LogP contribution in [0, 0.1) is 11.2 Å². The highest BCUT2D eigenvalue weighted by Gasteiger charge is 2.30. The molecule has 0 aliphatic heterocycles. The molecule has 0 aromatic heterocycles. The van der Waals surface area contributed by atoms with Gasteiger partial charge in [0.05, 0.1) is 18.2 Å². The highest BCUT2D eigenvalue weighted by atomic mass is 35.5. The summed E-state index contributed by atoms with van der Waals surface area (Å²) in [4.78, 5) is 11.5. The van der Waals surface area contributed by atoms with Crippen LogP contribution in [0.15, 0.2) is 12.1 Å². The van der Waals surface area contributed by atoms with E-state index < -0.39 is 11.2 Å². The van der Waals surface area contributed by atoms with Crippen LogP contribution >= 0.6 is 11.6 Å². The predicted octanol–water partition coefficient (Wildman–Crippen LogP) is 2.80. The summed E-state index contributed by atoms with van der Waals surface area (Å²) in [5.41, 5.74) is 5.38. The zero-order chi connectivity index (χ0) is 13.2. The molecule has 0 fully saturated rings. The summed E-state index contributed by atoms with van der Waals surface area (Å²) in [5, 5.41) is 0.258. The van der Waals surface area contributed by atoms with E-state index in [0.29, 0.717) is 12.0 Å². The van der Waals surface area contributed by atoms with Crippen molar-refractivity contribution in [1.82, 2.24) is 0 Å². The van der Waals surface area contributed by atoms with E-state index in [0.717, 1.165) is 6.07 Å². The normalized spacial score (nSPS) is 11.4. The number of hydrogen-bond donors (Lipinski definition) is 1. The number of carbonyl (C=O) groups excluding carboxylic acids is 1. The lowest BCUT2D eigenvalue weighted by atomic mass is 9.85. The number of nitrogen functional groups attached to an aromatic ring is 1. The molecule has 17 heavy (non-hydrogen) atoms. The molecule has 1 aromatic carbocycles. The van der Waals surface area contributed by atoms with Crippen LogP contribution < -0.4 is 5.73 Å².